The molecule has 0 spiro atoms. The second kappa shape index (κ2) is 15.7. The summed E-state index contributed by atoms with van der Waals surface area (Å²) in [5.41, 5.74) is -0.772. The van der Waals surface area contributed by atoms with Gasteiger partial charge in [0, 0.05) is 5.41 Å². The molecule has 318 valence electrons. The molecule has 2 aliphatic heterocycles. The number of fused-ring (bicyclic) bond motifs is 5. The summed E-state index contributed by atoms with van der Waals surface area (Å²) in [6.07, 6.45) is -6.47. The Morgan fingerprint density at radius 1 is 0.745 bits per heavy atom. The highest BCUT2D eigenvalue weighted by Gasteiger charge is 2.72. The van der Waals surface area contributed by atoms with Gasteiger partial charge in [0.25, 0.3) is 0 Å². The first-order valence-corrected chi connectivity index (χ1v) is 20.9. The SMILES string of the molecule is CC(C)=CCCC(C)(O)C1CCC2(C)C3CCC4C(C)(C)C(OC5OC(CO)C(O)C(O)C5OC5OC(CO)C(O)C(O)C5O)CCC4(C)C3CC(O)C12C. The molecule has 4 aliphatic carbocycles. The van der Waals surface area contributed by atoms with Crippen molar-refractivity contribution in [3.63, 3.8) is 0 Å². The van der Waals surface area contributed by atoms with Gasteiger partial charge in [-0.3, -0.25) is 0 Å². The zero-order valence-corrected chi connectivity index (χ0v) is 34.3. The van der Waals surface area contributed by atoms with E-state index < -0.39 is 103 Å². The van der Waals surface area contributed by atoms with Crippen LogP contribution < -0.4 is 0 Å². The van der Waals surface area contributed by atoms with Crippen molar-refractivity contribution in [2.45, 2.75) is 192 Å². The van der Waals surface area contributed by atoms with Crippen LogP contribution in [-0.4, -0.2) is 138 Å². The van der Waals surface area contributed by atoms with E-state index in [1.165, 1.54) is 5.57 Å². The standard InChI is InChI=1S/C42H72O13/c1-21(2)10-9-15-41(7,51)27-13-17-40(6)22-11-12-26-38(3,4)29(14-16-39(26,5)23(22)18-28(45)42(27,40)8)54-37-35(33(49)31(47)25(20-44)53-37)55-36-34(50)32(48)30(46)24(19-43)52-36/h10,22-37,43-51H,9,11-20H2,1-8H3. The molecule has 55 heavy (non-hydrogen) atoms. The predicted octanol–water partition coefficient (Wildman–Crippen LogP) is 2.15. The molecule has 13 heteroatoms. The van der Waals surface area contributed by atoms with E-state index in [-0.39, 0.29) is 28.6 Å². The molecule has 6 rings (SSSR count). The van der Waals surface area contributed by atoms with Crippen molar-refractivity contribution < 1.29 is 64.9 Å². The Bertz CT molecular complexity index is 1370. The zero-order chi connectivity index (χ0) is 40.6. The van der Waals surface area contributed by atoms with Gasteiger partial charge in [0.2, 0.25) is 0 Å². The Hall–Kier alpha value is -0.780. The maximum Gasteiger partial charge on any atom is 0.187 e. The Balaban J connectivity index is 1.22. The van der Waals surface area contributed by atoms with Crippen molar-refractivity contribution in [2.24, 2.45) is 45.3 Å². The van der Waals surface area contributed by atoms with E-state index in [0.29, 0.717) is 25.2 Å². The van der Waals surface area contributed by atoms with Gasteiger partial charge in [-0.15, -0.1) is 0 Å². The predicted molar refractivity (Wildman–Crippen MR) is 201 cm³/mol. The maximum absolute atomic E-state index is 12.3. The molecule has 9 N–H and O–H groups in total. The van der Waals surface area contributed by atoms with Gasteiger partial charge in [0.15, 0.2) is 12.6 Å². The summed E-state index contributed by atoms with van der Waals surface area (Å²) in [4.78, 5) is 0. The topological polar surface area (TPSA) is 219 Å². The fourth-order valence-corrected chi connectivity index (χ4v) is 13.3. The summed E-state index contributed by atoms with van der Waals surface area (Å²) in [5, 5.41) is 97.6. The van der Waals surface area contributed by atoms with E-state index in [2.05, 4.69) is 54.5 Å². The summed E-state index contributed by atoms with van der Waals surface area (Å²) in [6, 6.07) is 0. The molecule has 0 amide bonds. The average Bonchev–Trinajstić information content (AvgIpc) is 3.42. The number of allylic oxidation sites excluding steroid dienone is 2. The van der Waals surface area contributed by atoms with E-state index >= 15 is 0 Å². The van der Waals surface area contributed by atoms with Gasteiger partial charge in [0.05, 0.1) is 31.0 Å². The maximum atomic E-state index is 12.3. The molecule has 20 atom stereocenters. The van der Waals surface area contributed by atoms with Crippen LogP contribution in [0.5, 0.6) is 0 Å². The summed E-state index contributed by atoms with van der Waals surface area (Å²) in [7, 11) is 0. The molecular formula is C42H72O13. The van der Waals surface area contributed by atoms with Crippen LogP contribution >= 0.6 is 0 Å². The Morgan fingerprint density at radius 3 is 1.98 bits per heavy atom. The lowest BCUT2D eigenvalue weighted by Gasteiger charge is -2.69. The highest BCUT2D eigenvalue weighted by Crippen LogP contribution is 2.75. The summed E-state index contributed by atoms with van der Waals surface area (Å²) < 4.78 is 24.3. The second-order valence-corrected chi connectivity index (χ2v) is 20.1. The highest BCUT2D eigenvalue weighted by molar-refractivity contribution is 5.20. The van der Waals surface area contributed by atoms with E-state index in [9.17, 15) is 46.0 Å². The zero-order valence-electron chi connectivity index (χ0n) is 34.3. The van der Waals surface area contributed by atoms with Gasteiger partial charge in [-0.05, 0) is 118 Å². The molecule has 20 unspecified atom stereocenters. The highest BCUT2D eigenvalue weighted by atomic mass is 16.8. The number of hydrogen-bond acceptors (Lipinski definition) is 13. The van der Waals surface area contributed by atoms with Crippen LogP contribution in [0.2, 0.25) is 0 Å². The summed E-state index contributed by atoms with van der Waals surface area (Å²) >= 11 is 0. The Labute approximate surface area is 327 Å². The minimum Gasteiger partial charge on any atom is -0.394 e. The third-order valence-corrected chi connectivity index (χ3v) is 16.7. The minimum absolute atomic E-state index is 0.0112. The number of hydrogen-bond donors (Lipinski definition) is 9. The van der Waals surface area contributed by atoms with Crippen molar-refractivity contribution in [3.8, 4) is 0 Å². The smallest absolute Gasteiger partial charge is 0.187 e. The van der Waals surface area contributed by atoms with Crippen LogP contribution in [0.15, 0.2) is 11.6 Å². The first kappa shape index (κ1) is 43.8. The summed E-state index contributed by atoms with van der Waals surface area (Å²) in [5.74, 6) is 0.830. The average molecular weight is 785 g/mol. The molecule has 0 bridgehead atoms. The Kier molecular flexibility index (Phi) is 12.5. The van der Waals surface area contributed by atoms with Gasteiger partial charge in [0.1, 0.15) is 48.8 Å². The number of aliphatic hydroxyl groups excluding tert-OH is 8. The van der Waals surface area contributed by atoms with Crippen molar-refractivity contribution in [2.75, 3.05) is 13.2 Å². The fraction of sp³-hybridized carbons (Fsp3) is 0.952. The quantitative estimate of drug-likeness (QED) is 0.115. The lowest BCUT2D eigenvalue weighted by Crippen LogP contribution is -2.67. The van der Waals surface area contributed by atoms with Crippen molar-refractivity contribution in [1.29, 1.82) is 0 Å². The number of ether oxygens (including phenoxy) is 4. The van der Waals surface area contributed by atoms with E-state index in [4.69, 9.17) is 18.9 Å². The van der Waals surface area contributed by atoms with Gasteiger partial charge >= 0.3 is 0 Å². The number of aliphatic hydroxyl groups is 9. The lowest BCUT2D eigenvalue weighted by molar-refractivity contribution is -0.378. The third-order valence-electron chi connectivity index (χ3n) is 16.7. The van der Waals surface area contributed by atoms with Gasteiger partial charge < -0.3 is 64.9 Å². The molecule has 6 fully saturated rings. The first-order chi connectivity index (χ1) is 25.6. The van der Waals surface area contributed by atoms with Gasteiger partial charge in [-0.25, -0.2) is 0 Å². The van der Waals surface area contributed by atoms with E-state index in [1.807, 2.05) is 6.92 Å². The summed E-state index contributed by atoms with van der Waals surface area (Å²) in [6.45, 7) is 16.3. The van der Waals surface area contributed by atoms with Crippen LogP contribution in [0.25, 0.3) is 0 Å². The van der Waals surface area contributed by atoms with Crippen molar-refractivity contribution >= 4 is 0 Å². The normalized spacial score (nSPS) is 52.0. The second-order valence-electron chi connectivity index (χ2n) is 20.1. The van der Waals surface area contributed by atoms with Crippen LogP contribution in [0.4, 0.5) is 0 Å². The monoisotopic (exact) mass is 784 g/mol. The molecule has 0 aromatic rings. The van der Waals surface area contributed by atoms with Gasteiger partial charge in [-0.2, -0.15) is 0 Å². The van der Waals surface area contributed by atoms with Gasteiger partial charge in [-0.1, -0.05) is 46.3 Å². The molecule has 0 radical (unpaired) electrons. The number of rotatable bonds is 10. The molecule has 2 saturated heterocycles. The molecule has 13 nitrogen and oxygen atoms in total. The van der Waals surface area contributed by atoms with E-state index in [0.717, 1.165) is 38.5 Å². The molecule has 0 aromatic carbocycles. The van der Waals surface area contributed by atoms with Crippen LogP contribution in [0, 0.1) is 45.3 Å². The van der Waals surface area contributed by atoms with Crippen LogP contribution in [-0.2, 0) is 18.9 Å². The van der Waals surface area contributed by atoms with Crippen LogP contribution in [0.1, 0.15) is 113 Å². The minimum atomic E-state index is -1.75. The molecule has 0 aromatic heterocycles. The fourth-order valence-electron chi connectivity index (χ4n) is 13.3. The lowest BCUT2D eigenvalue weighted by atomic mass is 9.37. The first-order valence-electron chi connectivity index (χ1n) is 20.9. The largest absolute Gasteiger partial charge is 0.394 e. The third kappa shape index (κ3) is 7.10. The Morgan fingerprint density at radius 2 is 1.36 bits per heavy atom. The van der Waals surface area contributed by atoms with Crippen molar-refractivity contribution in [1.82, 2.24) is 0 Å². The molecule has 4 saturated carbocycles. The van der Waals surface area contributed by atoms with E-state index in [1.54, 1.807) is 0 Å². The van der Waals surface area contributed by atoms with Crippen LogP contribution in [0.3, 0.4) is 0 Å². The molecule has 6 aliphatic rings. The molecular weight excluding hydrogens is 712 g/mol. The van der Waals surface area contributed by atoms with Crippen molar-refractivity contribution in [3.05, 3.63) is 11.6 Å². The molecule has 2 heterocycles.